The van der Waals surface area contributed by atoms with E-state index in [2.05, 4.69) is 19.7 Å². The number of aryl methyl sites for hydroxylation is 1. The molecule has 1 aromatic carbocycles. The Morgan fingerprint density at radius 2 is 1.94 bits per heavy atom. The first-order chi connectivity index (χ1) is 22.4. The molecule has 3 aromatic rings. The highest BCUT2D eigenvalue weighted by atomic mass is 35.5. The lowest BCUT2D eigenvalue weighted by Gasteiger charge is -2.50. The van der Waals surface area contributed by atoms with Gasteiger partial charge in [-0.2, -0.15) is 13.5 Å². The van der Waals surface area contributed by atoms with Gasteiger partial charge < -0.3 is 37.2 Å². The minimum atomic E-state index is -5.04. The molecular weight excluding hydrogens is 698 g/mol. The highest BCUT2D eigenvalue weighted by molar-refractivity contribution is 7.80. The van der Waals surface area contributed by atoms with Gasteiger partial charge in [-0.3, -0.25) is 14.1 Å². The number of carbonyl (C=O) groups excluding carboxylic acids is 2. The van der Waals surface area contributed by atoms with E-state index in [1.807, 2.05) is 22.6 Å². The standard InChI is InChI=1S/C26H32ClN9O10S2/c1-26(2)19(23(38)36(26)46-48(41,42)43)32-22(37)18(17-20(27)47-25(30)31-17)33-45-16(24(39)40)12-44-14-7-5-13(6-8-14)15-11-35(10-4-9-28)34(3)21(15)29/h5-8,11,16,19,29H,4,9-10,12,28H2,1-3H3,(H5,30,31,32,37,39,40,41,42,43)/p+1/b33-18-/t16?,19-/m1/s1. The fraction of sp³-hybridized carbons (Fsp3) is 0.385. The zero-order valence-corrected chi connectivity index (χ0v) is 28.1. The van der Waals surface area contributed by atoms with E-state index >= 15 is 0 Å². The van der Waals surface area contributed by atoms with E-state index in [0.29, 0.717) is 29.7 Å². The van der Waals surface area contributed by atoms with Crippen molar-refractivity contribution >= 4 is 67.8 Å². The third kappa shape index (κ3) is 7.94. The summed E-state index contributed by atoms with van der Waals surface area (Å²) in [7, 11) is -3.21. The lowest BCUT2D eigenvalue weighted by Crippen LogP contribution is -2.76. The van der Waals surface area contributed by atoms with Crippen LogP contribution in [0.3, 0.4) is 0 Å². The first-order valence-electron chi connectivity index (χ1n) is 13.9. The van der Waals surface area contributed by atoms with Crippen LogP contribution in [0.2, 0.25) is 4.34 Å². The summed E-state index contributed by atoms with van der Waals surface area (Å²) in [5, 5.41) is 16.1. The molecular formula is C26H33ClN9O10S2+. The molecule has 2 amide bonds. The third-order valence-electron chi connectivity index (χ3n) is 7.16. The van der Waals surface area contributed by atoms with Gasteiger partial charge in [-0.05, 0) is 38.1 Å². The summed E-state index contributed by atoms with van der Waals surface area (Å²) in [6, 6.07) is 5.32. The van der Waals surface area contributed by atoms with Crippen molar-refractivity contribution in [1.82, 2.24) is 20.0 Å². The highest BCUT2D eigenvalue weighted by Gasteiger charge is 2.58. The number of carbonyl (C=O) groups is 3. The van der Waals surface area contributed by atoms with Gasteiger partial charge in [0.25, 0.3) is 17.9 Å². The smallest absolute Gasteiger partial charge is 0.418 e. The maximum Gasteiger partial charge on any atom is 0.418 e. The number of hydrogen-bond acceptors (Lipinski definition) is 14. The van der Waals surface area contributed by atoms with Gasteiger partial charge in [0.15, 0.2) is 23.2 Å². The average molecular weight is 731 g/mol. The summed E-state index contributed by atoms with van der Waals surface area (Å²) < 4.78 is 44.7. The number of thiazole rings is 1. The molecule has 1 aliphatic heterocycles. The number of hydrogen-bond donors (Lipinski definition) is 6. The number of carboxylic acids is 1. The number of nitrogen functional groups attached to an aromatic ring is 2. The molecule has 0 bridgehead atoms. The number of hydroxylamine groups is 2. The van der Waals surface area contributed by atoms with Crippen LogP contribution < -0.4 is 31.9 Å². The Bertz CT molecular complexity index is 1840. The number of amides is 2. The van der Waals surface area contributed by atoms with Gasteiger partial charge in [0, 0.05) is 6.42 Å². The number of rotatable bonds is 15. The van der Waals surface area contributed by atoms with Crippen LogP contribution in [0.4, 0.5) is 10.9 Å². The second kappa shape index (κ2) is 14.3. The Morgan fingerprint density at radius 3 is 2.48 bits per heavy atom. The van der Waals surface area contributed by atoms with Crippen molar-refractivity contribution in [3.05, 3.63) is 40.5 Å². The number of carboxylic acid groups (broad SMARTS) is 1. The van der Waals surface area contributed by atoms with Gasteiger partial charge in [0.1, 0.15) is 28.4 Å². The predicted octanol–water partition coefficient (Wildman–Crippen LogP) is -0.304. The van der Waals surface area contributed by atoms with Gasteiger partial charge >= 0.3 is 16.4 Å². The lowest BCUT2D eigenvalue weighted by atomic mass is 9.84. The van der Waals surface area contributed by atoms with Gasteiger partial charge in [-0.1, -0.05) is 40.2 Å². The minimum absolute atomic E-state index is 0.0625. The summed E-state index contributed by atoms with van der Waals surface area (Å²) >= 11 is 6.96. The monoisotopic (exact) mass is 730 g/mol. The molecule has 22 heteroatoms. The normalized spacial score (nSPS) is 16.7. The van der Waals surface area contributed by atoms with Crippen LogP contribution in [0, 0.1) is 0 Å². The highest BCUT2D eigenvalue weighted by Crippen LogP contribution is 2.33. The van der Waals surface area contributed by atoms with E-state index in [1.165, 1.54) is 13.8 Å². The largest absolute Gasteiger partial charge is 0.489 e. The molecule has 4 rings (SSSR count). The number of nitrogens with two attached hydrogens (primary N) is 3. The number of halogens is 1. The molecule has 0 spiro atoms. The van der Waals surface area contributed by atoms with Gasteiger partial charge in [-0.15, -0.1) is 13.6 Å². The Balaban J connectivity index is 1.49. The number of oxime groups is 1. The summed E-state index contributed by atoms with van der Waals surface area (Å²) in [5.74, 6) is -2.80. The van der Waals surface area contributed by atoms with Crippen LogP contribution in [-0.2, 0) is 47.5 Å². The number of nitrogens with zero attached hydrogens (tertiary/aromatic N) is 5. The first-order valence-corrected chi connectivity index (χ1v) is 16.5. The lowest BCUT2D eigenvalue weighted by molar-refractivity contribution is -0.772. The molecule has 2 atom stereocenters. The molecule has 0 radical (unpaired) electrons. The SMILES string of the molecule is Cn1c(N)c(-c2ccc(OCC(O/N=C(\C(=O)N[C@@H]3C(=O)N(OS(=O)(=O)O)C3(C)C)c3nc(N)sc3Cl)C(=O)O)cc2)c[n+]1CCCN. The van der Waals surface area contributed by atoms with Crippen molar-refractivity contribution in [3.63, 3.8) is 0 Å². The summed E-state index contributed by atoms with van der Waals surface area (Å²) in [6.45, 7) is 3.34. The Hall–Kier alpha value is -4.54. The number of anilines is 2. The van der Waals surface area contributed by atoms with Crippen molar-refractivity contribution < 1.29 is 51.0 Å². The van der Waals surface area contributed by atoms with E-state index in [1.54, 1.807) is 24.3 Å². The topological polar surface area (TPSA) is 281 Å². The van der Waals surface area contributed by atoms with Crippen molar-refractivity contribution in [2.45, 2.75) is 44.5 Å². The van der Waals surface area contributed by atoms with Crippen LogP contribution in [0.15, 0.2) is 35.6 Å². The number of β-lactam (4-membered cyclic amide) rings is 1. The number of nitrogens with one attached hydrogen (secondary N) is 1. The molecule has 0 saturated carbocycles. The Morgan fingerprint density at radius 1 is 1.27 bits per heavy atom. The summed E-state index contributed by atoms with van der Waals surface area (Å²) in [4.78, 5) is 47.0. The molecule has 19 nitrogen and oxygen atoms in total. The first kappa shape index (κ1) is 36.3. The van der Waals surface area contributed by atoms with Crippen LogP contribution in [0.25, 0.3) is 11.1 Å². The van der Waals surface area contributed by atoms with Crippen LogP contribution in [0.5, 0.6) is 5.75 Å². The number of aliphatic carboxylic acids is 1. The molecule has 0 aliphatic carbocycles. The van der Waals surface area contributed by atoms with Crippen molar-refractivity contribution in [3.8, 4) is 16.9 Å². The van der Waals surface area contributed by atoms with Crippen molar-refractivity contribution in [1.29, 1.82) is 0 Å². The van der Waals surface area contributed by atoms with Crippen LogP contribution in [0.1, 0.15) is 26.0 Å². The Labute approximate surface area is 282 Å². The van der Waals surface area contributed by atoms with E-state index < -0.39 is 58.2 Å². The molecule has 2 aromatic heterocycles. The van der Waals surface area contributed by atoms with Crippen LogP contribution in [-0.4, -0.2) is 87.1 Å². The molecule has 260 valence electrons. The molecule has 1 aliphatic rings. The van der Waals surface area contributed by atoms with E-state index in [4.69, 9.17) is 42.9 Å². The second-order valence-electron chi connectivity index (χ2n) is 10.8. The second-order valence-corrected chi connectivity index (χ2v) is 13.5. The molecule has 48 heavy (non-hydrogen) atoms. The predicted molar refractivity (Wildman–Crippen MR) is 171 cm³/mol. The van der Waals surface area contributed by atoms with Crippen molar-refractivity contribution in [2.24, 2.45) is 17.9 Å². The number of ether oxygens (including phenoxy) is 1. The van der Waals surface area contributed by atoms with Crippen molar-refractivity contribution in [2.75, 3.05) is 24.6 Å². The zero-order chi connectivity index (χ0) is 35.6. The number of aromatic nitrogens is 3. The fourth-order valence-corrected chi connectivity index (χ4v) is 5.93. The summed E-state index contributed by atoms with van der Waals surface area (Å²) in [5.41, 5.74) is 16.8. The van der Waals surface area contributed by atoms with Gasteiger partial charge in [0.2, 0.25) is 6.20 Å². The zero-order valence-electron chi connectivity index (χ0n) is 25.7. The van der Waals surface area contributed by atoms with E-state index in [-0.39, 0.29) is 15.2 Å². The summed E-state index contributed by atoms with van der Waals surface area (Å²) in [6.07, 6.45) is 0.928. The van der Waals surface area contributed by atoms with Gasteiger partial charge in [-0.25, -0.2) is 9.78 Å². The molecule has 3 heterocycles. The molecule has 9 N–H and O–H groups in total. The molecule has 1 unspecified atom stereocenters. The number of benzene rings is 1. The average Bonchev–Trinajstić information content (AvgIpc) is 3.50. The van der Waals surface area contributed by atoms with E-state index in [0.717, 1.165) is 28.9 Å². The fourth-order valence-electron chi connectivity index (χ4n) is 4.55. The quantitative estimate of drug-likeness (QED) is 0.0385. The van der Waals surface area contributed by atoms with Gasteiger partial charge in [0.05, 0.1) is 18.2 Å². The van der Waals surface area contributed by atoms with E-state index in [9.17, 15) is 27.9 Å². The maximum absolute atomic E-state index is 13.3. The van der Waals surface area contributed by atoms with Crippen LogP contribution >= 0.6 is 22.9 Å². The molecule has 1 saturated heterocycles. The minimum Gasteiger partial charge on any atom is -0.489 e. The third-order valence-corrected chi connectivity index (χ3v) is 8.58. The maximum atomic E-state index is 13.3. The Kier molecular flexibility index (Phi) is 10.8. The molecule has 1 fully saturated rings.